The molecule has 1 saturated heterocycles. The molecule has 0 aliphatic carbocycles. The third kappa shape index (κ3) is 4.35. The molecule has 1 heterocycles. The molecule has 158 valence electrons. The molecule has 3 rings (SSSR count). The molecule has 6 nitrogen and oxygen atoms in total. The van der Waals surface area contributed by atoms with Crippen molar-refractivity contribution in [2.24, 2.45) is 0 Å². The van der Waals surface area contributed by atoms with Gasteiger partial charge in [0.2, 0.25) is 0 Å². The molecule has 1 amide bonds. The van der Waals surface area contributed by atoms with Crippen LogP contribution in [0.15, 0.2) is 54.1 Å². The van der Waals surface area contributed by atoms with Gasteiger partial charge in [-0.2, -0.15) is 0 Å². The third-order valence-corrected chi connectivity index (χ3v) is 5.22. The van der Waals surface area contributed by atoms with Crippen molar-refractivity contribution in [3.8, 4) is 5.75 Å². The molecule has 0 bridgehead atoms. The summed E-state index contributed by atoms with van der Waals surface area (Å²) in [6.07, 6.45) is 0.572. The monoisotopic (exact) mass is 429 g/mol. The van der Waals surface area contributed by atoms with Gasteiger partial charge in [-0.1, -0.05) is 41.9 Å². The molecular formula is C23H24ClNO5. The average Bonchev–Trinajstić information content (AvgIpc) is 3.01. The summed E-state index contributed by atoms with van der Waals surface area (Å²) >= 11 is 6.15. The van der Waals surface area contributed by atoms with Crippen LogP contribution in [0.4, 0.5) is 0 Å². The minimum absolute atomic E-state index is 0.0494. The second-order valence-electron chi connectivity index (χ2n) is 6.83. The Morgan fingerprint density at radius 1 is 1.17 bits per heavy atom. The van der Waals surface area contributed by atoms with E-state index in [2.05, 4.69) is 0 Å². The molecule has 0 saturated carbocycles. The van der Waals surface area contributed by atoms with E-state index in [-0.39, 0.29) is 11.3 Å². The van der Waals surface area contributed by atoms with Crippen molar-refractivity contribution < 1.29 is 24.2 Å². The van der Waals surface area contributed by atoms with Gasteiger partial charge in [-0.05, 0) is 37.1 Å². The number of hydrogen-bond donors (Lipinski definition) is 1. The van der Waals surface area contributed by atoms with Gasteiger partial charge >= 0.3 is 0 Å². The van der Waals surface area contributed by atoms with Crippen LogP contribution in [0.2, 0.25) is 5.02 Å². The zero-order valence-electron chi connectivity index (χ0n) is 16.9. The highest BCUT2D eigenvalue weighted by atomic mass is 35.5. The molecule has 2 aromatic carbocycles. The normalized spacial score (nSPS) is 18.1. The number of rotatable bonds is 8. The van der Waals surface area contributed by atoms with E-state index in [4.69, 9.17) is 21.1 Å². The second-order valence-corrected chi connectivity index (χ2v) is 7.23. The Hall–Kier alpha value is -2.83. The van der Waals surface area contributed by atoms with Gasteiger partial charge in [-0.25, -0.2) is 0 Å². The number of nitrogens with zero attached hydrogens (tertiary/aromatic N) is 1. The smallest absolute Gasteiger partial charge is 0.295 e. The van der Waals surface area contributed by atoms with Crippen LogP contribution in [0.5, 0.6) is 5.75 Å². The molecule has 1 aliphatic rings. The molecule has 1 N–H and O–H groups in total. The maximum atomic E-state index is 12.9. The summed E-state index contributed by atoms with van der Waals surface area (Å²) in [6, 6.07) is 13.3. The number of amides is 1. The van der Waals surface area contributed by atoms with E-state index < -0.39 is 17.7 Å². The molecule has 30 heavy (non-hydrogen) atoms. The fraction of sp³-hybridized carbons (Fsp3) is 0.304. The second kappa shape index (κ2) is 9.78. The largest absolute Gasteiger partial charge is 0.507 e. The molecule has 2 aromatic rings. The fourth-order valence-corrected chi connectivity index (χ4v) is 3.72. The predicted molar refractivity (Wildman–Crippen MR) is 115 cm³/mol. The Morgan fingerprint density at radius 3 is 2.57 bits per heavy atom. The van der Waals surface area contributed by atoms with Crippen LogP contribution in [0.3, 0.4) is 0 Å². The van der Waals surface area contributed by atoms with Crippen molar-refractivity contribution in [3.05, 3.63) is 70.3 Å². The average molecular weight is 430 g/mol. The van der Waals surface area contributed by atoms with Gasteiger partial charge in [0.1, 0.15) is 11.5 Å². The lowest BCUT2D eigenvalue weighted by Gasteiger charge is -2.25. The van der Waals surface area contributed by atoms with Crippen molar-refractivity contribution in [2.75, 3.05) is 26.9 Å². The van der Waals surface area contributed by atoms with E-state index >= 15 is 0 Å². The predicted octanol–water partition coefficient (Wildman–Crippen LogP) is 4.20. The van der Waals surface area contributed by atoms with Crippen LogP contribution in [0, 0.1) is 0 Å². The Balaban J connectivity index is 2.11. The van der Waals surface area contributed by atoms with Crippen molar-refractivity contribution >= 4 is 29.1 Å². The zero-order valence-corrected chi connectivity index (χ0v) is 17.7. The number of halogens is 1. The molecular weight excluding hydrogens is 406 g/mol. The number of likely N-dealkylation sites (tertiary alicyclic amines) is 1. The van der Waals surface area contributed by atoms with E-state index in [0.717, 1.165) is 5.56 Å². The number of hydrogen-bond acceptors (Lipinski definition) is 5. The van der Waals surface area contributed by atoms with Crippen molar-refractivity contribution in [3.63, 3.8) is 0 Å². The number of ketones is 1. The van der Waals surface area contributed by atoms with Crippen molar-refractivity contribution in [1.82, 2.24) is 4.90 Å². The maximum Gasteiger partial charge on any atom is 0.295 e. The van der Waals surface area contributed by atoms with Crippen LogP contribution in [-0.4, -0.2) is 48.6 Å². The van der Waals surface area contributed by atoms with Gasteiger partial charge in [0, 0.05) is 25.8 Å². The highest BCUT2D eigenvalue weighted by Crippen LogP contribution is 2.40. The van der Waals surface area contributed by atoms with E-state index in [0.29, 0.717) is 42.5 Å². The topological polar surface area (TPSA) is 76.1 Å². The van der Waals surface area contributed by atoms with Gasteiger partial charge in [0.05, 0.1) is 23.2 Å². The van der Waals surface area contributed by atoms with E-state index in [1.54, 1.807) is 25.3 Å². The van der Waals surface area contributed by atoms with Crippen molar-refractivity contribution in [2.45, 2.75) is 19.4 Å². The SMILES string of the molecule is CCOc1cc(/C(O)=C2/C(=O)C(=O)N(CCCOC)C2c2ccccc2)ccc1Cl. The summed E-state index contributed by atoms with van der Waals surface area (Å²) in [5.41, 5.74) is 1.15. The zero-order chi connectivity index (χ0) is 21.7. The van der Waals surface area contributed by atoms with Gasteiger partial charge < -0.3 is 19.5 Å². The third-order valence-electron chi connectivity index (χ3n) is 4.91. The first-order chi connectivity index (χ1) is 14.5. The number of carbonyl (C=O) groups is 2. The Morgan fingerprint density at radius 2 is 1.90 bits per heavy atom. The summed E-state index contributed by atoms with van der Waals surface area (Å²) in [5.74, 6) is -1.21. The first-order valence-electron chi connectivity index (χ1n) is 9.74. The van der Waals surface area contributed by atoms with Gasteiger partial charge in [0.15, 0.2) is 0 Å². The van der Waals surface area contributed by atoms with Gasteiger partial charge in [-0.15, -0.1) is 0 Å². The van der Waals surface area contributed by atoms with Crippen molar-refractivity contribution in [1.29, 1.82) is 0 Å². The van der Waals surface area contributed by atoms with Crippen LogP contribution in [0.25, 0.3) is 5.76 Å². The van der Waals surface area contributed by atoms with E-state index in [1.807, 2.05) is 37.3 Å². The van der Waals surface area contributed by atoms with Gasteiger partial charge in [-0.3, -0.25) is 9.59 Å². The number of benzene rings is 2. The highest BCUT2D eigenvalue weighted by Gasteiger charge is 2.45. The number of aliphatic hydroxyl groups is 1. The maximum absolute atomic E-state index is 12.9. The molecule has 1 aliphatic heterocycles. The fourth-order valence-electron chi connectivity index (χ4n) is 3.54. The lowest BCUT2D eigenvalue weighted by molar-refractivity contribution is -0.140. The molecule has 1 fully saturated rings. The molecule has 0 spiro atoms. The lowest BCUT2D eigenvalue weighted by Crippen LogP contribution is -2.31. The van der Waals surface area contributed by atoms with Crippen LogP contribution >= 0.6 is 11.6 Å². The standard InChI is InChI=1S/C23H24ClNO5/c1-3-30-18-14-16(10-11-17(18)24)21(26)19-20(15-8-5-4-6-9-15)25(12-7-13-29-2)23(28)22(19)27/h4-6,8-11,14,20,26H,3,7,12-13H2,1-2H3/b21-19-. The summed E-state index contributed by atoms with van der Waals surface area (Å²) in [6.45, 7) is 3.01. The quantitative estimate of drug-likeness (QED) is 0.294. The van der Waals surface area contributed by atoms with Crippen LogP contribution < -0.4 is 4.74 Å². The minimum Gasteiger partial charge on any atom is -0.507 e. The van der Waals surface area contributed by atoms with Gasteiger partial charge in [0.25, 0.3) is 11.7 Å². The minimum atomic E-state index is -0.716. The summed E-state index contributed by atoms with van der Waals surface area (Å²) in [5, 5.41) is 11.5. The molecule has 0 radical (unpaired) electrons. The number of aliphatic hydroxyl groups excluding tert-OH is 1. The Labute approximate surface area is 180 Å². The number of Topliss-reactive ketones (excluding diaryl/α,β-unsaturated/α-hetero) is 1. The van der Waals surface area contributed by atoms with E-state index in [9.17, 15) is 14.7 Å². The number of methoxy groups -OCH3 is 1. The number of ether oxygens (including phenoxy) is 2. The van der Waals surface area contributed by atoms with Crippen LogP contribution in [-0.2, 0) is 14.3 Å². The first kappa shape index (κ1) is 21.9. The first-order valence-corrected chi connectivity index (χ1v) is 10.1. The summed E-state index contributed by atoms with van der Waals surface area (Å²) in [7, 11) is 1.58. The van der Waals surface area contributed by atoms with E-state index in [1.165, 1.54) is 4.90 Å². The molecule has 1 unspecified atom stereocenters. The number of carbonyl (C=O) groups excluding carboxylic acids is 2. The Bertz CT molecular complexity index is 957. The highest BCUT2D eigenvalue weighted by molar-refractivity contribution is 6.46. The Kier molecular flexibility index (Phi) is 7.13. The molecule has 1 atom stereocenters. The lowest BCUT2D eigenvalue weighted by atomic mass is 9.95. The summed E-state index contributed by atoms with van der Waals surface area (Å²) < 4.78 is 10.6. The summed E-state index contributed by atoms with van der Waals surface area (Å²) in [4.78, 5) is 27.2. The van der Waals surface area contributed by atoms with Crippen LogP contribution in [0.1, 0.15) is 30.5 Å². The molecule has 0 aromatic heterocycles. The molecule has 7 heteroatoms.